The highest BCUT2D eigenvalue weighted by atomic mass is 16.3. The summed E-state index contributed by atoms with van der Waals surface area (Å²) in [6.07, 6.45) is 7.14. The van der Waals surface area contributed by atoms with Gasteiger partial charge >= 0.3 is 0 Å². The molecule has 0 bridgehead atoms. The lowest BCUT2D eigenvalue weighted by Crippen LogP contribution is -2.21. The van der Waals surface area contributed by atoms with Gasteiger partial charge in [0.25, 0.3) is 0 Å². The summed E-state index contributed by atoms with van der Waals surface area (Å²) < 4.78 is 0. The van der Waals surface area contributed by atoms with Crippen LogP contribution in [-0.2, 0) is 0 Å². The van der Waals surface area contributed by atoms with Gasteiger partial charge in [0.2, 0.25) is 0 Å². The van der Waals surface area contributed by atoms with Crippen LogP contribution in [0, 0.1) is 11.8 Å². The lowest BCUT2D eigenvalue weighted by molar-refractivity contribution is 0.115. The summed E-state index contributed by atoms with van der Waals surface area (Å²) in [5.41, 5.74) is 3.64. The van der Waals surface area contributed by atoms with Crippen LogP contribution >= 0.6 is 0 Å². The Bertz CT molecular complexity index is 341. The summed E-state index contributed by atoms with van der Waals surface area (Å²) in [4.78, 5) is 0. The van der Waals surface area contributed by atoms with E-state index in [1.807, 2.05) is 13.8 Å². The molecule has 2 unspecified atom stereocenters. The van der Waals surface area contributed by atoms with E-state index in [0.717, 1.165) is 18.3 Å². The van der Waals surface area contributed by atoms with Crippen LogP contribution in [0.3, 0.4) is 0 Å². The first-order chi connectivity index (χ1) is 7.39. The van der Waals surface area contributed by atoms with Gasteiger partial charge in [0, 0.05) is 0 Å². The minimum absolute atomic E-state index is 0.648. The van der Waals surface area contributed by atoms with Gasteiger partial charge in [0.1, 0.15) is 0 Å². The molecular weight excluding hydrogens is 196 g/mol. The number of hydrogen-bond donors (Lipinski definition) is 1. The summed E-state index contributed by atoms with van der Waals surface area (Å²) in [7, 11) is 0. The summed E-state index contributed by atoms with van der Waals surface area (Å²) in [6, 6.07) is 0. The molecule has 0 saturated carbocycles. The van der Waals surface area contributed by atoms with Crippen molar-refractivity contribution in [3.05, 3.63) is 22.8 Å². The lowest BCUT2D eigenvalue weighted by atomic mass is 9.87. The molecule has 16 heavy (non-hydrogen) atoms. The van der Waals surface area contributed by atoms with Crippen LogP contribution in [0.25, 0.3) is 0 Å². The van der Waals surface area contributed by atoms with Crippen molar-refractivity contribution in [1.82, 2.24) is 0 Å². The molecule has 0 aromatic carbocycles. The second kappa shape index (κ2) is 4.03. The number of hydrogen-bond acceptors (Lipinski definition) is 1. The molecular formula is C15H24O. The Morgan fingerprint density at radius 1 is 1.25 bits per heavy atom. The highest BCUT2D eigenvalue weighted by Crippen LogP contribution is 2.43. The van der Waals surface area contributed by atoms with Crippen molar-refractivity contribution in [2.45, 2.75) is 59.0 Å². The largest absolute Gasteiger partial charge is 0.386 e. The molecule has 1 nitrogen and oxygen atoms in total. The lowest BCUT2D eigenvalue weighted by Gasteiger charge is -2.21. The maximum absolute atomic E-state index is 10.2. The van der Waals surface area contributed by atoms with Crippen LogP contribution in [-0.4, -0.2) is 10.7 Å². The topological polar surface area (TPSA) is 20.2 Å². The number of aliphatic hydroxyl groups is 1. The molecule has 2 rings (SSSR count). The Balaban J connectivity index is 2.38. The van der Waals surface area contributed by atoms with Crippen molar-refractivity contribution >= 4 is 0 Å². The van der Waals surface area contributed by atoms with Crippen LogP contribution in [0.2, 0.25) is 0 Å². The minimum Gasteiger partial charge on any atom is -0.386 e. The average Bonchev–Trinajstić information content (AvgIpc) is 2.42. The first-order valence-electron chi connectivity index (χ1n) is 6.52. The predicted molar refractivity (Wildman–Crippen MR) is 68.2 cm³/mol. The van der Waals surface area contributed by atoms with E-state index in [0.29, 0.717) is 0 Å². The molecule has 0 radical (unpaired) electrons. The quantitative estimate of drug-likeness (QED) is 0.712. The molecule has 90 valence electrons. The minimum atomic E-state index is -0.648. The van der Waals surface area contributed by atoms with E-state index >= 15 is 0 Å². The fourth-order valence-electron chi connectivity index (χ4n) is 3.14. The zero-order chi connectivity index (χ0) is 11.9. The third kappa shape index (κ3) is 2.10. The van der Waals surface area contributed by atoms with Crippen LogP contribution in [0.15, 0.2) is 22.8 Å². The van der Waals surface area contributed by atoms with E-state index in [2.05, 4.69) is 19.9 Å². The normalized spacial score (nSPS) is 31.2. The van der Waals surface area contributed by atoms with Crippen LogP contribution in [0.4, 0.5) is 0 Å². The van der Waals surface area contributed by atoms with Gasteiger partial charge in [-0.2, -0.15) is 0 Å². The Morgan fingerprint density at radius 3 is 2.56 bits per heavy atom. The third-order valence-electron chi connectivity index (χ3n) is 4.39. The fraction of sp³-hybridized carbons (Fsp3) is 0.733. The van der Waals surface area contributed by atoms with Gasteiger partial charge in [-0.1, -0.05) is 18.6 Å². The zero-order valence-corrected chi connectivity index (χ0v) is 11.0. The third-order valence-corrected chi connectivity index (χ3v) is 4.39. The van der Waals surface area contributed by atoms with E-state index in [-0.39, 0.29) is 0 Å². The van der Waals surface area contributed by atoms with Gasteiger partial charge in [0.05, 0.1) is 5.60 Å². The van der Waals surface area contributed by atoms with Crippen molar-refractivity contribution in [2.75, 3.05) is 0 Å². The second-order valence-corrected chi connectivity index (χ2v) is 6.13. The van der Waals surface area contributed by atoms with Gasteiger partial charge in [-0.25, -0.2) is 0 Å². The number of rotatable bonds is 1. The monoisotopic (exact) mass is 220 g/mol. The zero-order valence-electron chi connectivity index (χ0n) is 11.0. The van der Waals surface area contributed by atoms with E-state index in [9.17, 15) is 5.11 Å². The van der Waals surface area contributed by atoms with E-state index in [4.69, 9.17) is 0 Å². The van der Waals surface area contributed by atoms with Crippen LogP contribution < -0.4 is 0 Å². The standard InChI is InChI=1S/C15H24O/c1-10-5-7-12(15(3,4)16)9-14-11(2)6-8-13(10)14/h9-10,13,16H,5-8H2,1-4H3. The summed E-state index contributed by atoms with van der Waals surface area (Å²) in [5, 5.41) is 10.2. The van der Waals surface area contributed by atoms with Crippen molar-refractivity contribution in [2.24, 2.45) is 11.8 Å². The Labute approximate surface area is 99.3 Å². The second-order valence-electron chi connectivity index (χ2n) is 6.13. The molecule has 2 aliphatic carbocycles. The number of allylic oxidation sites excluding steroid dienone is 3. The molecule has 0 saturated heterocycles. The predicted octanol–water partition coefficient (Wildman–Crippen LogP) is 3.84. The highest BCUT2D eigenvalue weighted by Gasteiger charge is 2.32. The fourth-order valence-corrected chi connectivity index (χ4v) is 3.14. The maximum Gasteiger partial charge on any atom is 0.0803 e. The summed E-state index contributed by atoms with van der Waals surface area (Å²) in [5.74, 6) is 1.52. The molecule has 0 aromatic rings. The van der Waals surface area contributed by atoms with Crippen molar-refractivity contribution in [3.8, 4) is 0 Å². The van der Waals surface area contributed by atoms with Crippen molar-refractivity contribution in [1.29, 1.82) is 0 Å². The van der Waals surface area contributed by atoms with Gasteiger partial charge in [-0.15, -0.1) is 0 Å². The van der Waals surface area contributed by atoms with E-state index < -0.39 is 5.60 Å². The van der Waals surface area contributed by atoms with E-state index in [1.165, 1.54) is 30.4 Å². The molecule has 1 heteroatoms. The first-order valence-corrected chi connectivity index (χ1v) is 6.52. The Hall–Kier alpha value is -0.560. The molecule has 0 heterocycles. The van der Waals surface area contributed by atoms with Gasteiger partial charge in [-0.05, 0) is 69.4 Å². The molecule has 2 aliphatic rings. The van der Waals surface area contributed by atoms with Crippen molar-refractivity contribution < 1.29 is 5.11 Å². The van der Waals surface area contributed by atoms with Crippen molar-refractivity contribution in [3.63, 3.8) is 0 Å². The van der Waals surface area contributed by atoms with Crippen LogP contribution in [0.5, 0.6) is 0 Å². The average molecular weight is 220 g/mol. The molecule has 2 atom stereocenters. The highest BCUT2D eigenvalue weighted by molar-refractivity contribution is 5.38. The Kier molecular flexibility index (Phi) is 3.00. The molecule has 0 aliphatic heterocycles. The summed E-state index contributed by atoms with van der Waals surface area (Å²) >= 11 is 0. The van der Waals surface area contributed by atoms with Gasteiger partial charge in [-0.3, -0.25) is 0 Å². The van der Waals surface area contributed by atoms with E-state index in [1.54, 1.807) is 5.57 Å². The van der Waals surface area contributed by atoms with Crippen LogP contribution in [0.1, 0.15) is 53.4 Å². The first kappa shape index (κ1) is 11.9. The Morgan fingerprint density at radius 2 is 1.94 bits per heavy atom. The van der Waals surface area contributed by atoms with Gasteiger partial charge < -0.3 is 5.11 Å². The van der Waals surface area contributed by atoms with Gasteiger partial charge in [0.15, 0.2) is 0 Å². The smallest absolute Gasteiger partial charge is 0.0803 e. The molecule has 0 fully saturated rings. The number of fused-ring (bicyclic) bond motifs is 1. The molecule has 0 aromatic heterocycles. The molecule has 0 spiro atoms. The SMILES string of the molecule is CC1=C2C=C(C(C)(C)O)CCC(C)C2CC1. The molecule has 0 amide bonds. The maximum atomic E-state index is 10.2. The molecule has 1 N–H and O–H groups in total. The summed E-state index contributed by atoms with van der Waals surface area (Å²) in [6.45, 7) is 8.44.